The summed E-state index contributed by atoms with van der Waals surface area (Å²) in [4.78, 5) is 21.8. The molecule has 0 N–H and O–H groups in total. The monoisotopic (exact) mass is 486 g/mol. The number of ether oxygens (including phenoxy) is 1. The lowest BCUT2D eigenvalue weighted by Crippen LogP contribution is -2.54. The average Bonchev–Trinajstić information content (AvgIpc) is 3.22. The molecule has 0 radical (unpaired) electrons. The van der Waals surface area contributed by atoms with Crippen LogP contribution < -0.4 is 9.64 Å². The first-order valence-electron chi connectivity index (χ1n) is 9.80. The van der Waals surface area contributed by atoms with Crippen LogP contribution in [0.1, 0.15) is 28.7 Å². The third-order valence-corrected chi connectivity index (χ3v) is 6.55. The van der Waals surface area contributed by atoms with Crippen LogP contribution in [0.25, 0.3) is 0 Å². The highest BCUT2D eigenvalue weighted by molar-refractivity contribution is 9.10. The van der Waals surface area contributed by atoms with Gasteiger partial charge in [0.1, 0.15) is 11.6 Å². The SMILES string of the molecule is COc1cccc(Cc2nsc(N3CCN(C(=O)c4ccc(Br)cc4)C(C)C3)n2)c1. The molecule has 6 nitrogen and oxygen atoms in total. The molecule has 0 saturated carbocycles. The maximum Gasteiger partial charge on any atom is 0.254 e. The second kappa shape index (κ2) is 9.14. The third-order valence-electron chi connectivity index (χ3n) is 5.20. The van der Waals surface area contributed by atoms with Gasteiger partial charge in [0.25, 0.3) is 5.91 Å². The van der Waals surface area contributed by atoms with Gasteiger partial charge in [0.15, 0.2) is 0 Å². The van der Waals surface area contributed by atoms with Crippen LogP contribution in [0, 0.1) is 0 Å². The van der Waals surface area contributed by atoms with Crippen molar-refractivity contribution in [2.75, 3.05) is 31.6 Å². The van der Waals surface area contributed by atoms with Crippen molar-refractivity contribution in [1.29, 1.82) is 0 Å². The minimum Gasteiger partial charge on any atom is -0.497 e. The molecule has 1 aliphatic rings. The number of aromatic nitrogens is 2. The van der Waals surface area contributed by atoms with Crippen molar-refractivity contribution in [2.24, 2.45) is 0 Å². The van der Waals surface area contributed by atoms with Crippen LogP contribution >= 0.6 is 27.5 Å². The lowest BCUT2D eigenvalue weighted by Gasteiger charge is -2.39. The zero-order chi connectivity index (χ0) is 21.1. The van der Waals surface area contributed by atoms with Crippen LogP contribution in [0.15, 0.2) is 53.0 Å². The first kappa shape index (κ1) is 20.8. The summed E-state index contributed by atoms with van der Waals surface area (Å²) in [5.41, 5.74) is 1.84. The van der Waals surface area contributed by atoms with Crippen molar-refractivity contribution < 1.29 is 9.53 Å². The quantitative estimate of drug-likeness (QED) is 0.539. The first-order valence-corrected chi connectivity index (χ1v) is 11.4. The van der Waals surface area contributed by atoms with E-state index in [0.29, 0.717) is 13.0 Å². The van der Waals surface area contributed by atoms with E-state index < -0.39 is 0 Å². The number of carbonyl (C=O) groups excluding carboxylic acids is 1. The van der Waals surface area contributed by atoms with E-state index in [1.807, 2.05) is 47.4 Å². The predicted octanol–water partition coefficient (Wildman–Crippen LogP) is 4.25. The van der Waals surface area contributed by atoms with Gasteiger partial charge in [-0.2, -0.15) is 4.37 Å². The van der Waals surface area contributed by atoms with Crippen molar-refractivity contribution in [2.45, 2.75) is 19.4 Å². The number of nitrogens with zero attached hydrogens (tertiary/aromatic N) is 4. The smallest absolute Gasteiger partial charge is 0.254 e. The molecule has 30 heavy (non-hydrogen) atoms. The van der Waals surface area contributed by atoms with Gasteiger partial charge in [-0.3, -0.25) is 4.79 Å². The van der Waals surface area contributed by atoms with E-state index in [1.54, 1.807) is 7.11 Å². The Bertz CT molecular complexity index is 1020. The standard InChI is InChI=1S/C22H23BrN4O2S/c1-15-14-26(10-11-27(15)21(28)17-6-8-18(23)9-7-17)22-24-20(25-30-22)13-16-4-3-5-19(12-16)29-2/h3-9,12,15H,10-11,13-14H2,1-2H3. The van der Waals surface area contributed by atoms with Crippen molar-refractivity contribution in [3.05, 3.63) is 70.0 Å². The molecular formula is C22H23BrN4O2S. The zero-order valence-corrected chi connectivity index (χ0v) is 19.3. The largest absolute Gasteiger partial charge is 0.497 e. The normalized spacial score (nSPS) is 16.6. The molecule has 4 rings (SSSR count). The molecular weight excluding hydrogens is 464 g/mol. The number of amides is 1. The highest BCUT2D eigenvalue weighted by atomic mass is 79.9. The third kappa shape index (κ3) is 4.65. The Morgan fingerprint density at radius 3 is 2.77 bits per heavy atom. The van der Waals surface area contributed by atoms with Crippen molar-refractivity contribution >= 4 is 38.5 Å². The predicted molar refractivity (Wildman–Crippen MR) is 123 cm³/mol. The summed E-state index contributed by atoms with van der Waals surface area (Å²) in [6.07, 6.45) is 0.672. The van der Waals surface area contributed by atoms with Crippen LogP contribution in [0.2, 0.25) is 0 Å². The Balaban J connectivity index is 1.40. The Kier molecular flexibility index (Phi) is 6.34. The fourth-order valence-corrected chi connectivity index (χ4v) is 4.59. The summed E-state index contributed by atoms with van der Waals surface area (Å²) >= 11 is 4.84. The summed E-state index contributed by atoms with van der Waals surface area (Å²) in [6, 6.07) is 15.6. The topological polar surface area (TPSA) is 58.6 Å². The summed E-state index contributed by atoms with van der Waals surface area (Å²) in [6.45, 7) is 4.25. The Hall–Kier alpha value is -2.45. The van der Waals surface area contributed by atoms with E-state index in [4.69, 9.17) is 9.72 Å². The van der Waals surface area contributed by atoms with E-state index in [2.05, 4.69) is 38.2 Å². The van der Waals surface area contributed by atoms with E-state index in [-0.39, 0.29) is 11.9 Å². The molecule has 1 aromatic heterocycles. The van der Waals surface area contributed by atoms with Gasteiger partial charge in [0.2, 0.25) is 5.13 Å². The molecule has 2 heterocycles. The second-order valence-electron chi connectivity index (χ2n) is 7.32. The number of hydrogen-bond donors (Lipinski definition) is 0. The van der Waals surface area contributed by atoms with Crippen LogP contribution in [-0.4, -0.2) is 53.0 Å². The average molecular weight is 487 g/mol. The van der Waals surface area contributed by atoms with Gasteiger partial charge in [-0.05, 0) is 48.9 Å². The fourth-order valence-electron chi connectivity index (χ4n) is 3.60. The number of piperazine rings is 1. The van der Waals surface area contributed by atoms with Crippen LogP contribution in [0.5, 0.6) is 5.75 Å². The molecule has 3 aromatic rings. The van der Waals surface area contributed by atoms with Crippen LogP contribution in [-0.2, 0) is 6.42 Å². The maximum atomic E-state index is 12.9. The molecule has 0 bridgehead atoms. The number of benzene rings is 2. The van der Waals surface area contributed by atoms with Crippen molar-refractivity contribution in [3.8, 4) is 5.75 Å². The second-order valence-corrected chi connectivity index (χ2v) is 8.97. The minimum absolute atomic E-state index is 0.0747. The van der Waals surface area contributed by atoms with Gasteiger partial charge in [0.05, 0.1) is 7.11 Å². The van der Waals surface area contributed by atoms with E-state index in [1.165, 1.54) is 11.5 Å². The van der Waals surface area contributed by atoms with E-state index in [0.717, 1.165) is 45.4 Å². The first-order chi connectivity index (χ1) is 14.5. The van der Waals surface area contributed by atoms with E-state index in [9.17, 15) is 4.79 Å². The number of hydrogen-bond acceptors (Lipinski definition) is 6. The van der Waals surface area contributed by atoms with E-state index >= 15 is 0 Å². The number of methoxy groups -OCH3 is 1. The van der Waals surface area contributed by atoms with Crippen LogP contribution in [0.3, 0.4) is 0 Å². The molecule has 0 spiro atoms. The molecule has 8 heteroatoms. The Morgan fingerprint density at radius 2 is 2.03 bits per heavy atom. The molecule has 1 saturated heterocycles. The minimum atomic E-state index is 0.0747. The number of anilines is 1. The van der Waals surface area contributed by atoms with Gasteiger partial charge < -0.3 is 14.5 Å². The van der Waals surface area contributed by atoms with Crippen molar-refractivity contribution in [3.63, 3.8) is 0 Å². The number of carbonyl (C=O) groups is 1. The molecule has 156 valence electrons. The summed E-state index contributed by atoms with van der Waals surface area (Å²) < 4.78 is 10.8. The van der Waals surface area contributed by atoms with Gasteiger partial charge in [-0.25, -0.2) is 4.98 Å². The molecule has 1 fully saturated rings. The summed E-state index contributed by atoms with van der Waals surface area (Å²) in [5.74, 6) is 1.72. The van der Waals surface area contributed by atoms with Crippen molar-refractivity contribution in [1.82, 2.24) is 14.3 Å². The highest BCUT2D eigenvalue weighted by Crippen LogP contribution is 2.24. The Labute approximate surface area is 188 Å². The molecule has 0 aliphatic carbocycles. The Morgan fingerprint density at radius 1 is 1.23 bits per heavy atom. The number of rotatable bonds is 5. The van der Waals surface area contributed by atoms with Crippen LogP contribution in [0.4, 0.5) is 5.13 Å². The summed E-state index contributed by atoms with van der Waals surface area (Å²) in [5, 5.41) is 0.912. The molecule has 1 atom stereocenters. The summed E-state index contributed by atoms with van der Waals surface area (Å²) in [7, 11) is 1.67. The lowest BCUT2D eigenvalue weighted by molar-refractivity contribution is 0.0674. The fraction of sp³-hybridized carbons (Fsp3) is 0.318. The van der Waals surface area contributed by atoms with Gasteiger partial charge in [-0.1, -0.05) is 28.1 Å². The zero-order valence-electron chi connectivity index (χ0n) is 16.9. The molecule has 1 unspecified atom stereocenters. The maximum absolute atomic E-state index is 12.9. The number of halogens is 1. The lowest BCUT2D eigenvalue weighted by atomic mass is 10.1. The molecule has 1 amide bonds. The molecule has 2 aromatic carbocycles. The van der Waals surface area contributed by atoms with Gasteiger partial charge in [0, 0.05) is 53.7 Å². The van der Waals surface area contributed by atoms with Gasteiger partial charge >= 0.3 is 0 Å². The highest BCUT2D eigenvalue weighted by Gasteiger charge is 2.29. The molecule has 1 aliphatic heterocycles. The van der Waals surface area contributed by atoms with Gasteiger partial charge in [-0.15, -0.1) is 0 Å².